The first-order valence-electron chi connectivity index (χ1n) is 11.0. The Bertz CT molecular complexity index is 792. The molecule has 0 radical (unpaired) electrons. The lowest BCUT2D eigenvalue weighted by atomic mass is 9.82. The second-order valence-electron chi connectivity index (χ2n) is 8.84. The van der Waals surface area contributed by atoms with Crippen molar-refractivity contribution in [2.75, 3.05) is 26.0 Å². The third-order valence-corrected chi connectivity index (χ3v) is 7.48. The Balaban J connectivity index is 1.60. The van der Waals surface area contributed by atoms with Crippen LogP contribution in [0.5, 0.6) is 5.75 Å². The van der Waals surface area contributed by atoms with E-state index in [0.29, 0.717) is 12.5 Å². The summed E-state index contributed by atoms with van der Waals surface area (Å²) in [6, 6.07) is 8.45. The molecule has 6 nitrogen and oxygen atoms in total. The van der Waals surface area contributed by atoms with E-state index in [1.54, 1.807) is 0 Å². The van der Waals surface area contributed by atoms with Gasteiger partial charge in [0.05, 0.1) is 19.0 Å². The summed E-state index contributed by atoms with van der Waals surface area (Å²) >= 11 is 0. The molecule has 2 fully saturated rings. The summed E-state index contributed by atoms with van der Waals surface area (Å²) in [5.74, 6) is 1.55. The summed E-state index contributed by atoms with van der Waals surface area (Å²) in [6.45, 7) is 4.38. The van der Waals surface area contributed by atoms with Crippen molar-refractivity contribution in [3.63, 3.8) is 0 Å². The average Bonchev–Trinajstić information content (AvgIpc) is 3.06. The topological polar surface area (TPSA) is 67.9 Å². The van der Waals surface area contributed by atoms with Crippen LogP contribution in [-0.4, -0.2) is 63.6 Å². The molecule has 1 aromatic rings. The summed E-state index contributed by atoms with van der Waals surface area (Å²) in [5.41, 5.74) is 1.33. The van der Waals surface area contributed by atoms with Crippen molar-refractivity contribution in [3.8, 4) is 5.75 Å². The van der Waals surface area contributed by atoms with Gasteiger partial charge in [0.2, 0.25) is 10.0 Å². The highest BCUT2D eigenvalue weighted by Crippen LogP contribution is 2.39. The van der Waals surface area contributed by atoms with Gasteiger partial charge in [0.25, 0.3) is 0 Å². The molecule has 29 heavy (non-hydrogen) atoms. The van der Waals surface area contributed by atoms with Crippen molar-refractivity contribution in [2.24, 2.45) is 0 Å². The van der Waals surface area contributed by atoms with Gasteiger partial charge in [-0.25, -0.2) is 13.1 Å². The van der Waals surface area contributed by atoms with Crippen LogP contribution in [-0.2, 0) is 14.8 Å². The quantitative estimate of drug-likeness (QED) is 0.811. The average molecular weight is 423 g/mol. The Morgan fingerprint density at radius 2 is 1.90 bits per heavy atom. The van der Waals surface area contributed by atoms with Gasteiger partial charge < -0.3 is 9.47 Å². The Kier molecular flexibility index (Phi) is 6.49. The second-order valence-corrected chi connectivity index (χ2v) is 10.6. The van der Waals surface area contributed by atoms with Crippen LogP contribution in [0.2, 0.25) is 0 Å². The van der Waals surface area contributed by atoms with Crippen LogP contribution in [0.25, 0.3) is 0 Å². The lowest BCUT2D eigenvalue weighted by molar-refractivity contribution is -0.00971. The molecule has 5 rings (SSSR count). The zero-order chi connectivity index (χ0) is 20.4. The zero-order valence-electron chi connectivity index (χ0n) is 17.5. The summed E-state index contributed by atoms with van der Waals surface area (Å²) in [4.78, 5) is 2.37. The predicted molar refractivity (Wildman–Crippen MR) is 114 cm³/mol. The van der Waals surface area contributed by atoms with E-state index < -0.39 is 10.0 Å². The number of rotatable bonds is 3. The molecule has 3 aliphatic heterocycles. The molecule has 0 amide bonds. The highest BCUT2D eigenvalue weighted by Gasteiger charge is 2.38. The molecule has 3 heterocycles. The molecule has 1 aliphatic carbocycles. The molecule has 0 spiro atoms. The molecule has 1 unspecified atom stereocenters. The van der Waals surface area contributed by atoms with E-state index in [4.69, 9.17) is 9.47 Å². The molecular formula is C22H34N2O4S. The molecule has 3 atom stereocenters. The highest BCUT2D eigenvalue weighted by molar-refractivity contribution is 7.88. The van der Waals surface area contributed by atoms with E-state index in [9.17, 15) is 8.42 Å². The number of nitrogens with zero attached hydrogens (tertiary/aromatic N) is 1. The van der Waals surface area contributed by atoms with Gasteiger partial charge in [-0.3, -0.25) is 4.90 Å². The molecule has 1 aromatic carbocycles. The molecule has 0 aromatic heterocycles. The Labute approximate surface area is 175 Å². The molecular weight excluding hydrogens is 388 g/mol. The zero-order valence-corrected chi connectivity index (χ0v) is 18.4. The maximum Gasteiger partial charge on any atom is 0.209 e. The van der Waals surface area contributed by atoms with E-state index in [2.05, 4.69) is 40.8 Å². The summed E-state index contributed by atoms with van der Waals surface area (Å²) < 4.78 is 39.5. The number of hydrogen-bond donors (Lipinski definition) is 1. The minimum absolute atomic E-state index is 0.0519. The van der Waals surface area contributed by atoms with Crippen LogP contribution in [0, 0.1) is 0 Å². The number of para-hydroxylation sites is 1. The van der Waals surface area contributed by atoms with Gasteiger partial charge in [-0.1, -0.05) is 25.1 Å². The molecule has 162 valence electrons. The fourth-order valence-corrected chi connectivity index (χ4v) is 5.99. The Hall–Kier alpha value is -1.15. The fourth-order valence-electron chi connectivity index (χ4n) is 5.17. The van der Waals surface area contributed by atoms with E-state index in [1.807, 2.05) is 0 Å². The van der Waals surface area contributed by atoms with Gasteiger partial charge in [-0.05, 0) is 56.1 Å². The second kappa shape index (κ2) is 8.92. The lowest BCUT2D eigenvalue weighted by Crippen LogP contribution is -2.49. The van der Waals surface area contributed by atoms with Gasteiger partial charge in [0.1, 0.15) is 11.9 Å². The number of hydrogen-bond acceptors (Lipinski definition) is 5. The van der Waals surface area contributed by atoms with Crippen molar-refractivity contribution in [3.05, 3.63) is 29.8 Å². The maximum atomic E-state index is 11.9. The predicted octanol–water partition coefficient (Wildman–Crippen LogP) is 2.89. The van der Waals surface area contributed by atoms with Gasteiger partial charge in [-0.15, -0.1) is 0 Å². The summed E-state index contributed by atoms with van der Waals surface area (Å²) in [6.07, 6.45) is 7.63. The third-order valence-electron chi connectivity index (χ3n) is 6.75. The van der Waals surface area contributed by atoms with Crippen molar-refractivity contribution in [2.45, 2.75) is 75.7 Å². The standard InChI is InChI=1S/C22H34N2O4S/c1-3-17-14-24-13-12-20(23-29(2,25)26)21(24)15-27-18-10-8-16(9-11-18)19-6-4-5-7-22(19)28-17/h4-7,16-18,20-21,23H,3,8-15H2,1-2H3/t16?,17-,18?,20+,21?/m1/s1. The van der Waals surface area contributed by atoms with Crippen LogP contribution in [0.15, 0.2) is 24.3 Å². The van der Waals surface area contributed by atoms with Crippen LogP contribution in [0.1, 0.15) is 56.9 Å². The van der Waals surface area contributed by atoms with Gasteiger partial charge in [0, 0.05) is 25.2 Å². The molecule has 2 bridgehead atoms. The highest BCUT2D eigenvalue weighted by atomic mass is 32.2. The SMILES string of the molecule is CC[C@@H]1CN2CC[C@H](NS(C)(=O)=O)C2COC2CCC(CC2)c2ccccc2O1. The van der Waals surface area contributed by atoms with E-state index in [1.165, 1.54) is 11.8 Å². The van der Waals surface area contributed by atoms with E-state index in [-0.39, 0.29) is 24.3 Å². The number of benzene rings is 1. The van der Waals surface area contributed by atoms with Crippen molar-refractivity contribution in [1.29, 1.82) is 0 Å². The molecule has 1 saturated heterocycles. The van der Waals surface area contributed by atoms with Crippen LogP contribution in [0.4, 0.5) is 0 Å². The molecule has 1 saturated carbocycles. The largest absolute Gasteiger partial charge is 0.489 e. The maximum absolute atomic E-state index is 11.9. The first-order valence-corrected chi connectivity index (χ1v) is 12.9. The molecule has 4 aliphatic rings. The Morgan fingerprint density at radius 3 is 2.62 bits per heavy atom. The van der Waals surface area contributed by atoms with Crippen molar-refractivity contribution >= 4 is 10.0 Å². The van der Waals surface area contributed by atoms with Crippen molar-refractivity contribution in [1.82, 2.24) is 9.62 Å². The fraction of sp³-hybridized carbons (Fsp3) is 0.727. The molecule has 7 heteroatoms. The number of sulfonamides is 1. The summed E-state index contributed by atoms with van der Waals surface area (Å²) in [7, 11) is -3.25. The van der Waals surface area contributed by atoms with E-state index >= 15 is 0 Å². The van der Waals surface area contributed by atoms with Gasteiger partial charge in [0.15, 0.2) is 0 Å². The van der Waals surface area contributed by atoms with Crippen LogP contribution in [0.3, 0.4) is 0 Å². The number of fused-ring (bicyclic) bond motifs is 5. The van der Waals surface area contributed by atoms with Gasteiger partial charge >= 0.3 is 0 Å². The monoisotopic (exact) mass is 422 g/mol. The number of nitrogens with one attached hydrogen (secondary N) is 1. The lowest BCUT2D eigenvalue weighted by Gasteiger charge is -2.32. The summed E-state index contributed by atoms with van der Waals surface area (Å²) in [5, 5.41) is 0. The van der Waals surface area contributed by atoms with Crippen LogP contribution < -0.4 is 9.46 Å². The van der Waals surface area contributed by atoms with E-state index in [0.717, 1.165) is 57.4 Å². The molecule has 1 N–H and O–H groups in total. The third kappa shape index (κ3) is 5.13. The minimum Gasteiger partial charge on any atom is -0.489 e. The number of ether oxygens (including phenoxy) is 2. The normalized spacial score (nSPS) is 33.7. The van der Waals surface area contributed by atoms with Crippen LogP contribution >= 0.6 is 0 Å². The Morgan fingerprint density at radius 1 is 1.14 bits per heavy atom. The smallest absolute Gasteiger partial charge is 0.209 e. The first-order chi connectivity index (χ1) is 13.9. The van der Waals surface area contributed by atoms with Gasteiger partial charge in [-0.2, -0.15) is 0 Å². The first kappa shape index (κ1) is 21.1. The van der Waals surface area contributed by atoms with Crippen molar-refractivity contribution < 1.29 is 17.9 Å². The minimum atomic E-state index is -3.25.